The Bertz CT molecular complexity index is 988. The number of anilines is 2. The van der Waals surface area contributed by atoms with Gasteiger partial charge in [-0.1, -0.05) is 37.5 Å². The molecule has 1 saturated carbocycles. The Labute approximate surface area is 161 Å². The zero-order valence-corrected chi connectivity index (χ0v) is 15.8. The van der Waals surface area contributed by atoms with E-state index in [2.05, 4.69) is 10.6 Å². The largest absolute Gasteiger partial charge is 0.421 e. The van der Waals surface area contributed by atoms with E-state index in [1.54, 1.807) is 6.07 Å². The van der Waals surface area contributed by atoms with Gasteiger partial charge in [0, 0.05) is 16.3 Å². The van der Waals surface area contributed by atoms with E-state index in [4.69, 9.17) is 4.42 Å². The first-order valence-electron chi connectivity index (χ1n) is 9.35. The lowest BCUT2D eigenvalue weighted by Gasteiger charge is -2.25. The summed E-state index contributed by atoms with van der Waals surface area (Å²) >= 11 is 1.52. The number of hydrogen-bond acceptors (Lipinski definition) is 5. The third-order valence-electron chi connectivity index (χ3n) is 4.95. The summed E-state index contributed by atoms with van der Waals surface area (Å²) in [4.78, 5) is 26.1. The van der Waals surface area contributed by atoms with Crippen LogP contribution in [0.15, 0.2) is 51.0 Å². The molecule has 6 heteroatoms. The van der Waals surface area contributed by atoms with Crippen molar-refractivity contribution in [2.75, 3.05) is 10.6 Å². The van der Waals surface area contributed by atoms with Crippen molar-refractivity contribution in [3.8, 4) is 0 Å². The average molecular weight is 382 g/mol. The summed E-state index contributed by atoms with van der Waals surface area (Å²) in [5.41, 5.74) is 0.887. The van der Waals surface area contributed by atoms with Crippen LogP contribution in [0, 0.1) is 0 Å². The van der Waals surface area contributed by atoms with Crippen LogP contribution in [0.2, 0.25) is 0 Å². The summed E-state index contributed by atoms with van der Waals surface area (Å²) in [6.45, 7) is 0. The molecular formula is C21H22N2O3S. The molecule has 0 atom stereocenters. The van der Waals surface area contributed by atoms with Gasteiger partial charge in [0.15, 0.2) is 5.69 Å². The van der Waals surface area contributed by atoms with E-state index in [1.807, 2.05) is 35.7 Å². The van der Waals surface area contributed by atoms with Crippen molar-refractivity contribution >= 4 is 39.6 Å². The highest BCUT2D eigenvalue weighted by Gasteiger charge is 2.21. The lowest BCUT2D eigenvalue weighted by Crippen LogP contribution is -2.26. The second kappa shape index (κ2) is 7.96. The van der Waals surface area contributed by atoms with Crippen molar-refractivity contribution in [3.05, 3.63) is 57.1 Å². The maximum absolute atomic E-state index is 12.6. The van der Waals surface area contributed by atoms with Gasteiger partial charge in [-0.05, 0) is 36.4 Å². The molecule has 1 aromatic carbocycles. The van der Waals surface area contributed by atoms with Gasteiger partial charge in [-0.2, -0.15) is 0 Å². The summed E-state index contributed by atoms with van der Waals surface area (Å²) in [5, 5.41) is 9.07. The van der Waals surface area contributed by atoms with Crippen LogP contribution in [0.25, 0.3) is 11.0 Å². The molecule has 0 bridgehead atoms. The highest BCUT2D eigenvalue weighted by atomic mass is 32.1. The molecule has 0 aliphatic heterocycles. The van der Waals surface area contributed by atoms with E-state index in [0.29, 0.717) is 17.3 Å². The monoisotopic (exact) mass is 382 g/mol. The number of amides is 1. The van der Waals surface area contributed by atoms with Crippen molar-refractivity contribution in [3.63, 3.8) is 0 Å². The number of benzene rings is 1. The number of fused-ring (bicyclic) bond motifs is 1. The van der Waals surface area contributed by atoms with Gasteiger partial charge >= 0.3 is 5.63 Å². The van der Waals surface area contributed by atoms with E-state index < -0.39 is 5.63 Å². The minimum atomic E-state index is -0.522. The van der Waals surface area contributed by atoms with E-state index in [0.717, 1.165) is 23.1 Å². The van der Waals surface area contributed by atoms with E-state index in [9.17, 15) is 9.59 Å². The number of para-hydroxylation sites is 1. The predicted octanol–water partition coefficient (Wildman–Crippen LogP) is 4.78. The molecule has 0 saturated heterocycles. The van der Waals surface area contributed by atoms with Gasteiger partial charge in [-0.3, -0.25) is 4.79 Å². The third-order valence-corrected chi connectivity index (χ3v) is 5.82. The number of rotatable bonds is 5. The number of carbonyl (C=O) groups is 1. The van der Waals surface area contributed by atoms with Crippen LogP contribution < -0.4 is 16.3 Å². The van der Waals surface area contributed by atoms with Gasteiger partial charge in [0.05, 0.1) is 12.1 Å². The lowest BCUT2D eigenvalue weighted by atomic mass is 9.95. The lowest BCUT2D eigenvalue weighted by molar-refractivity contribution is -0.115. The second-order valence-corrected chi connectivity index (χ2v) is 7.95. The van der Waals surface area contributed by atoms with Gasteiger partial charge in [0.25, 0.3) is 0 Å². The average Bonchev–Trinajstić information content (AvgIpc) is 3.18. The SMILES string of the molecule is O=C(Cc1cccs1)Nc1c(NC2CCCCC2)c2ccccc2oc1=O. The summed E-state index contributed by atoms with van der Waals surface area (Å²) in [7, 11) is 0. The zero-order valence-electron chi connectivity index (χ0n) is 15.0. The number of thiophene rings is 1. The molecule has 1 amide bonds. The zero-order chi connectivity index (χ0) is 18.6. The van der Waals surface area contributed by atoms with E-state index in [1.165, 1.54) is 30.6 Å². The molecule has 4 rings (SSSR count). The van der Waals surface area contributed by atoms with Gasteiger partial charge in [0.2, 0.25) is 5.91 Å². The van der Waals surface area contributed by atoms with Crippen molar-refractivity contribution in [1.82, 2.24) is 0 Å². The summed E-state index contributed by atoms with van der Waals surface area (Å²) in [6, 6.07) is 11.6. The van der Waals surface area contributed by atoms with Gasteiger partial charge in [-0.15, -0.1) is 11.3 Å². The smallest absolute Gasteiger partial charge is 0.362 e. The Hall–Kier alpha value is -2.60. The molecule has 2 N–H and O–H groups in total. The standard InChI is InChI=1S/C21H22N2O3S/c24-18(13-15-9-6-12-27-15)23-20-19(22-14-7-2-1-3-8-14)16-10-4-5-11-17(16)26-21(20)25/h4-6,9-12,14,22H,1-3,7-8,13H2,(H,23,24). The van der Waals surface area contributed by atoms with Crippen LogP contribution in [0.3, 0.4) is 0 Å². The van der Waals surface area contributed by atoms with E-state index in [-0.39, 0.29) is 18.0 Å². The fourth-order valence-corrected chi connectivity index (χ4v) is 4.32. The van der Waals surface area contributed by atoms with Crippen molar-refractivity contribution in [2.45, 2.75) is 44.6 Å². The molecule has 140 valence electrons. The Morgan fingerprint density at radius 1 is 1.07 bits per heavy atom. The van der Waals surface area contributed by atoms with Gasteiger partial charge < -0.3 is 15.1 Å². The minimum Gasteiger partial charge on any atom is -0.421 e. The highest BCUT2D eigenvalue weighted by Crippen LogP contribution is 2.32. The quantitative estimate of drug-likeness (QED) is 0.623. The topological polar surface area (TPSA) is 71.3 Å². The fourth-order valence-electron chi connectivity index (χ4n) is 3.62. The molecule has 5 nitrogen and oxygen atoms in total. The Kier molecular flexibility index (Phi) is 5.25. The molecule has 0 spiro atoms. The molecule has 1 aliphatic carbocycles. The normalized spacial score (nSPS) is 15.0. The van der Waals surface area contributed by atoms with Gasteiger partial charge in [0.1, 0.15) is 5.58 Å². The number of hydrogen-bond donors (Lipinski definition) is 2. The van der Waals surface area contributed by atoms with Crippen LogP contribution in [0.1, 0.15) is 37.0 Å². The molecule has 2 aromatic heterocycles. The molecule has 0 unspecified atom stereocenters. The maximum Gasteiger partial charge on any atom is 0.362 e. The number of nitrogens with one attached hydrogen (secondary N) is 2. The molecule has 2 heterocycles. The van der Waals surface area contributed by atoms with Crippen molar-refractivity contribution < 1.29 is 9.21 Å². The first-order chi connectivity index (χ1) is 13.2. The van der Waals surface area contributed by atoms with Crippen LogP contribution in [-0.2, 0) is 11.2 Å². The fraction of sp³-hybridized carbons (Fsp3) is 0.333. The van der Waals surface area contributed by atoms with E-state index >= 15 is 0 Å². The molecule has 1 fully saturated rings. The van der Waals surface area contributed by atoms with Crippen LogP contribution in [0.5, 0.6) is 0 Å². The first-order valence-corrected chi connectivity index (χ1v) is 10.2. The van der Waals surface area contributed by atoms with Crippen LogP contribution in [-0.4, -0.2) is 11.9 Å². The highest BCUT2D eigenvalue weighted by molar-refractivity contribution is 7.10. The molecule has 27 heavy (non-hydrogen) atoms. The Morgan fingerprint density at radius 2 is 1.89 bits per heavy atom. The summed E-state index contributed by atoms with van der Waals surface area (Å²) < 4.78 is 5.45. The second-order valence-electron chi connectivity index (χ2n) is 6.92. The van der Waals surface area contributed by atoms with Crippen LogP contribution >= 0.6 is 11.3 Å². The Morgan fingerprint density at radius 3 is 2.67 bits per heavy atom. The summed E-state index contributed by atoms with van der Waals surface area (Å²) in [5.74, 6) is -0.216. The molecule has 0 radical (unpaired) electrons. The third kappa shape index (κ3) is 4.06. The number of carbonyl (C=O) groups excluding carboxylic acids is 1. The molecular weight excluding hydrogens is 360 g/mol. The Balaban J connectivity index is 1.69. The minimum absolute atomic E-state index is 0.209. The molecule has 1 aliphatic rings. The predicted molar refractivity (Wildman–Crippen MR) is 110 cm³/mol. The van der Waals surface area contributed by atoms with Gasteiger partial charge in [-0.25, -0.2) is 4.79 Å². The van der Waals surface area contributed by atoms with Crippen LogP contribution in [0.4, 0.5) is 11.4 Å². The maximum atomic E-state index is 12.6. The summed E-state index contributed by atoms with van der Waals surface area (Å²) in [6.07, 6.45) is 5.98. The van der Waals surface area contributed by atoms with Crippen molar-refractivity contribution in [2.24, 2.45) is 0 Å². The van der Waals surface area contributed by atoms with Crippen molar-refractivity contribution in [1.29, 1.82) is 0 Å². The first kappa shape index (κ1) is 17.8. The molecule has 3 aromatic rings.